The standard InChI is InChI=1S/C18H22BrN3O2/c1-12-18(13-4-6-14(19)7-5-13)24-17(21-12)9-8-16(23)22-15-3-2-10-20-11-15/h4-7,15,20H,2-3,8-11H2,1H3,(H,22,23)/t15-/m0/s1. The Labute approximate surface area is 150 Å². The van der Waals surface area contributed by atoms with E-state index in [0.29, 0.717) is 18.7 Å². The fourth-order valence-corrected chi connectivity index (χ4v) is 3.19. The Morgan fingerprint density at radius 3 is 2.92 bits per heavy atom. The molecule has 1 amide bonds. The van der Waals surface area contributed by atoms with Crippen molar-refractivity contribution >= 4 is 21.8 Å². The van der Waals surface area contributed by atoms with Crippen molar-refractivity contribution in [1.29, 1.82) is 0 Å². The van der Waals surface area contributed by atoms with Crippen LogP contribution in [0.3, 0.4) is 0 Å². The molecule has 2 N–H and O–H groups in total. The molecule has 0 saturated carbocycles. The van der Waals surface area contributed by atoms with Crippen molar-refractivity contribution in [3.63, 3.8) is 0 Å². The molecule has 1 aromatic heterocycles. The minimum Gasteiger partial charge on any atom is -0.440 e. The molecule has 0 unspecified atom stereocenters. The third-order valence-corrected chi connectivity index (χ3v) is 4.70. The van der Waals surface area contributed by atoms with Gasteiger partial charge in [0.15, 0.2) is 11.7 Å². The number of oxazole rings is 1. The summed E-state index contributed by atoms with van der Waals surface area (Å²) in [5.74, 6) is 1.45. The fraction of sp³-hybridized carbons (Fsp3) is 0.444. The van der Waals surface area contributed by atoms with E-state index in [1.807, 2.05) is 31.2 Å². The van der Waals surface area contributed by atoms with E-state index in [2.05, 4.69) is 31.5 Å². The van der Waals surface area contributed by atoms with Crippen molar-refractivity contribution < 1.29 is 9.21 Å². The maximum absolute atomic E-state index is 12.1. The van der Waals surface area contributed by atoms with Crippen LogP contribution in [0.5, 0.6) is 0 Å². The Morgan fingerprint density at radius 1 is 1.42 bits per heavy atom. The predicted molar refractivity (Wildman–Crippen MR) is 96.7 cm³/mol. The molecule has 24 heavy (non-hydrogen) atoms. The van der Waals surface area contributed by atoms with Crippen molar-refractivity contribution in [2.75, 3.05) is 13.1 Å². The minimum atomic E-state index is 0.0599. The summed E-state index contributed by atoms with van der Waals surface area (Å²) in [6, 6.07) is 8.18. The summed E-state index contributed by atoms with van der Waals surface area (Å²) in [6.07, 6.45) is 3.07. The van der Waals surface area contributed by atoms with E-state index in [1.165, 1.54) is 0 Å². The number of nitrogens with one attached hydrogen (secondary N) is 2. The van der Waals surface area contributed by atoms with E-state index in [0.717, 1.165) is 47.4 Å². The van der Waals surface area contributed by atoms with Gasteiger partial charge in [0.05, 0.1) is 5.69 Å². The Morgan fingerprint density at radius 2 is 2.21 bits per heavy atom. The molecule has 0 radical (unpaired) electrons. The first-order valence-corrected chi connectivity index (χ1v) is 9.13. The van der Waals surface area contributed by atoms with Crippen LogP contribution in [0, 0.1) is 6.92 Å². The smallest absolute Gasteiger partial charge is 0.220 e. The summed E-state index contributed by atoms with van der Waals surface area (Å²) in [7, 11) is 0. The summed E-state index contributed by atoms with van der Waals surface area (Å²) >= 11 is 3.43. The summed E-state index contributed by atoms with van der Waals surface area (Å²) < 4.78 is 6.89. The fourth-order valence-electron chi connectivity index (χ4n) is 2.92. The summed E-state index contributed by atoms with van der Waals surface area (Å²) in [6.45, 7) is 3.83. The highest BCUT2D eigenvalue weighted by Crippen LogP contribution is 2.26. The van der Waals surface area contributed by atoms with Crippen LogP contribution in [0.25, 0.3) is 11.3 Å². The lowest BCUT2D eigenvalue weighted by atomic mass is 10.1. The van der Waals surface area contributed by atoms with Crippen molar-refractivity contribution in [3.8, 4) is 11.3 Å². The van der Waals surface area contributed by atoms with Crippen molar-refractivity contribution in [2.24, 2.45) is 0 Å². The number of halogens is 1. The number of nitrogens with zero attached hydrogens (tertiary/aromatic N) is 1. The molecule has 3 rings (SSSR count). The maximum Gasteiger partial charge on any atom is 0.220 e. The predicted octanol–water partition coefficient (Wildman–Crippen LogP) is 3.21. The molecular weight excluding hydrogens is 370 g/mol. The lowest BCUT2D eigenvalue weighted by Gasteiger charge is -2.23. The molecule has 2 aromatic rings. The van der Waals surface area contributed by atoms with E-state index >= 15 is 0 Å². The van der Waals surface area contributed by atoms with Gasteiger partial charge in [0.1, 0.15) is 0 Å². The van der Waals surface area contributed by atoms with Crippen LogP contribution in [-0.2, 0) is 11.2 Å². The molecule has 1 aromatic carbocycles. The number of hydrogen-bond donors (Lipinski definition) is 2. The highest BCUT2D eigenvalue weighted by atomic mass is 79.9. The first-order chi connectivity index (χ1) is 11.6. The number of carbonyl (C=O) groups is 1. The van der Waals surface area contributed by atoms with Gasteiger partial charge in [0.2, 0.25) is 5.91 Å². The number of aryl methyl sites for hydroxylation is 2. The number of rotatable bonds is 5. The van der Waals surface area contributed by atoms with E-state index in [-0.39, 0.29) is 11.9 Å². The van der Waals surface area contributed by atoms with Crippen molar-refractivity contribution in [1.82, 2.24) is 15.6 Å². The molecule has 128 valence electrons. The molecule has 0 spiro atoms. The number of amides is 1. The zero-order valence-corrected chi connectivity index (χ0v) is 15.4. The second-order valence-corrected chi connectivity index (χ2v) is 7.06. The first-order valence-electron chi connectivity index (χ1n) is 8.34. The zero-order chi connectivity index (χ0) is 16.9. The third-order valence-electron chi connectivity index (χ3n) is 4.18. The van der Waals surface area contributed by atoms with Crippen LogP contribution in [-0.4, -0.2) is 30.0 Å². The van der Waals surface area contributed by atoms with Gasteiger partial charge in [-0.3, -0.25) is 4.79 Å². The van der Waals surface area contributed by atoms with E-state index in [1.54, 1.807) is 0 Å². The molecule has 1 aliphatic rings. The Kier molecular flexibility index (Phi) is 5.68. The number of aromatic nitrogens is 1. The lowest BCUT2D eigenvalue weighted by molar-refractivity contribution is -0.121. The summed E-state index contributed by atoms with van der Waals surface area (Å²) in [4.78, 5) is 16.5. The van der Waals surface area contributed by atoms with Gasteiger partial charge >= 0.3 is 0 Å². The number of benzene rings is 1. The van der Waals surface area contributed by atoms with Gasteiger partial charge in [-0.25, -0.2) is 4.98 Å². The molecule has 2 heterocycles. The van der Waals surface area contributed by atoms with Crippen LogP contribution in [0.2, 0.25) is 0 Å². The lowest BCUT2D eigenvalue weighted by Crippen LogP contribution is -2.45. The maximum atomic E-state index is 12.1. The second-order valence-electron chi connectivity index (χ2n) is 6.14. The van der Waals surface area contributed by atoms with Crippen LogP contribution >= 0.6 is 15.9 Å². The summed E-state index contributed by atoms with van der Waals surface area (Å²) in [5.41, 5.74) is 1.84. The molecule has 6 heteroatoms. The molecule has 1 aliphatic heterocycles. The summed E-state index contributed by atoms with van der Waals surface area (Å²) in [5, 5.41) is 6.37. The van der Waals surface area contributed by atoms with Gasteiger partial charge in [-0.05, 0) is 38.4 Å². The van der Waals surface area contributed by atoms with E-state index < -0.39 is 0 Å². The van der Waals surface area contributed by atoms with Gasteiger partial charge in [0, 0.05) is 35.5 Å². The number of hydrogen-bond acceptors (Lipinski definition) is 4. The quantitative estimate of drug-likeness (QED) is 0.820. The second kappa shape index (κ2) is 7.94. The highest BCUT2D eigenvalue weighted by molar-refractivity contribution is 9.10. The van der Waals surface area contributed by atoms with Crippen molar-refractivity contribution in [2.45, 2.75) is 38.6 Å². The normalized spacial score (nSPS) is 17.7. The van der Waals surface area contributed by atoms with E-state index in [4.69, 9.17) is 4.42 Å². The molecule has 1 atom stereocenters. The Bertz CT molecular complexity index is 691. The van der Waals surface area contributed by atoms with Crippen LogP contribution in [0.15, 0.2) is 33.2 Å². The van der Waals surface area contributed by atoms with Gasteiger partial charge in [-0.15, -0.1) is 0 Å². The molecule has 0 bridgehead atoms. The first kappa shape index (κ1) is 17.2. The van der Waals surface area contributed by atoms with Gasteiger partial charge < -0.3 is 15.1 Å². The topological polar surface area (TPSA) is 67.2 Å². The number of piperidine rings is 1. The zero-order valence-electron chi connectivity index (χ0n) is 13.8. The largest absolute Gasteiger partial charge is 0.440 e. The van der Waals surface area contributed by atoms with Crippen LogP contribution in [0.1, 0.15) is 30.8 Å². The molecule has 1 fully saturated rings. The minimum absolute atomic E-state index is 0.0599. The molecule has 1 saturated heterocycles. The van der Waals surface area contributed by atoms with Gasteiger partial charge in [-0.1, -0.05) is 28.1 Å². The average molecular weight is 392 g/mol. The van der Waals surface area contributed by atoms with E-state index in [9.17, 15) is 4.79 Å². The molecular formula is C18H22BrN3O2. The van der Waals surface area contributed by atoms with Crippen LogP contribution in [0.4, 0.5) is 0 Å². The molecule has 5 nitrogen and oxygen atoms in total. The van der Waals surface area contributed by atoms with Crippen LogP contribution < -0.4 is 10.6 Å². The number of carbonyl (C=O) groups excluding carboxylic acids is 1. The van der Waals surface area contributed by atoms with Crippen molar-refractivity contribution in [3.05, 3.63) is 40.3 Å². The van der Waals surface area contributed by atoms with Gasteiger partial charge in [0.25, 0.3) is 0 Å². The average Bonchev–Trinajstić information content (AvgIpc) is 2.95. The monoisotopic (exact) mass is 391 g/mol. The third kappa shape index (κ3) is 4.45. The Balaban J connectivity index is 1.57. The Hall–Kier alpha value is -1.66. The van der Waals surface area contributed by atoms with Gasteiger partial charge in [-0.2, -0.15) is 0 Å². The molecule has 0 aliphatic carbocycles. The highest BCUT2D eigenvalue weighted by Gasteiger charge is 2.17. The SMILES string of the molecule is Cc1nc(CCC(=O)N[C@H]2CCCNC2)oc1-c1ccc(Br)cc1.